The van der Waals surface area contributed by atoms with E-state index < -0.39 is 12.0 Å². The molecular weight excluding hydrogens is 450 g/mol. The molecule has 0 aliphatic heterocycles. The van der Waals surface area contributed by atoms with Gasteiger partial charge < -0.3 is 19.9 Å². The van der Waals surface area contributed by atoms with Crippen LogP contribution in [0.5, 0.6) is 5.88 Å². The number of nitrogens with zero attached hydrogens (tertiary/aromatic N) is 6. The fraction of sp³-hybridized carbons (Fsp3) is 0.250. The van der Waals surface area contributed by atoms with Crippen LogP contribution in [0.25, 0.3) is 16.7 Å². The van der Waals surface area contributed by atoms with Crippen molar-refractivity contribution in [1.29, 1.82) is 5.26 Å². The summed E-state index contributed by atoms with van der Waals surface area (Å²) in [5.74, 6) is -0.124. The molecule has 11 heteroatoms. The summed E-state index contributed by atoms with van der Waals surface area (Å²) in [5, 5.41) is 25.6. The lowest BCUT2D eigenvalue weighted by molar-refractivity contribution is -0.125. The standard InChI is InChI=1S/C24H23N7O4/c1-15-3-4-16(2)19(9-15)31-22-18(12-29-31)24(28-14-27-22)35-20(13-34-8-7-32)23(33)30-21-6-5-17(10-25)11-26-21/h3-6,9,11-12,14,20,32H,7-8,13H2,1-2H3,(H,26,30,33). The third-order valence-electron chi connectivity index (χ3n) is 5.12. The summed E-state index contributed by atoms with van der Waals surface area (Å²) in [6.45, 7) is 3.67. The molecule has 0 aliphatic carbocycles. The maximum absolute atomic E-state index is 13.0. The minimum atomic E-state index is -1.11. The highest BCUT2D eigenvalue weighted by Crippen LogP contribution is 2.26. The van der Waals surface area contributed by atoms with Crippen molar-refractivity contribution >= 4 is 22.8 Å². The van der Waals surface area contributed by atoms with E-state index in [-0.39, 0.29) is 31.5 Å². The maximum Gasteiger partial charge on any atom is 0.269 e. The van der Waals surface area contributed by atoms with Gasteiger partial charge in [-0.1, -0.05) is 12.1 Å². The Kier molecular flexibility index (Phi) is 7.25. The average Bonchev–Trinajstić information content (AvgIpc) is 3.30. The average molecular weight is 473 g/mol. The Balaban J connectivity index is 1.62. The van der Waals surface area contributed by atoms with E-state index in [1.54, 1.807) is 10.9 Å². The van der Waals surface area contributed by atoms with Crippen molar-refractivity contribution in [3.63, 3.8) is 0 Å². The number of aliphatic hydroxyl groups is 1. The summed E-state index contributed by atoms with van der Waals surface area (Å²) in [5.41, 5.74) is 3.86. The largest absolute Gasteiger partial charge is 0.461 e. The van der Waals surface area contributed by atoms with Gasteiger partial charge in [-0.05, 0) is 43.2 Å². The van der Waals surface area contributed by atoms with E-state index in [0.717, 1.165) is 16.8 Å². The number of anilines is 1. The molecule has 178 valence electrons. The first-order valence-corrected chi connectivity index (χ1v) is 10.8. The predicted molar refractivity (Wildman–Crippen MR) is 126 cm³/mol. The molecule has 1 aromatic carbocycles. The highest BCUT2D eigenvalue weighted by Gasteiger charge is 2.24. The molecule has 11 nitrogen and oxygen atoms in total. The summed E-state index contributed by atoms with van der Waals surface area (Å²) in [7, 11) is 0. The number of nitriles is 1. The summed E-state index contributed by atoms with van der Waals surface area (Å²) in [6.07, 6.45) is 3.16. The molecular formula is C24H23N7O4. The second-order valence-corrected chi connectivity index (χ2v) is 7.70. The highest BCUT2D eigenvalue weighted by molar-refractivity contribution is 5.94. The smallest absolute Gasteiger partial charge is 0.269 e. The van der Waals surface area contributed by atoms with E-state index in [1.165, 1.54) is 24.7 Å². The SMILES string of the molecule is Cc1ccc(C)c(-n2ncc3c(OC(COCCO)C(=O)Nc4ccc(C#N)cn4)ncnc32)c1. The first-order chi connectivity index (χ1) is 17.0. The monoisotopic (exact) mass is 473 g/mol. The second kappa shape index (κ2) is 10.7. The van der Waals surface area contributed by atoms with Crippen LogP contribution in [0, 0.1) is 25.2 Å². The van der Waals surface area contributed by atoms with Crippen LogP contribution in [0.4, 0.5) is 5.82 Å². The molecule has 1 atom stereocenters. The second-order valence-electron chi connectivity index (χ2n) is 7.70. The molecule has 35 heavy (non-hydrogen) atoms. The number of rotatable bonds is 9. The van der Waals surface area contributed by atoms with E-state index in [1.807, 2.05) is 38.1 Å². The van der Waals surface area contributed by atoms with Gasteiger partial charge in [-0.15, -0.1) is 0 Å². The van der Waals surface area contributed by atoms with E-state index in [0.29, 0.717) is 16.6 Å². The third-order valence-corrected chi connectivity index (χ3v) is 5.12. The van der Waals surface area contributed by atoms with Gasteiger partial charge in [0.1, 0.15) is 23.6 Å². The number of pyridine rings is 1. The van der Waals surface area contributed by atoms with Crippen molar-refractivity contribution in [2.45, 2.75) is 20.0 Å². The van der Waals surface area contributed by atoms with Gasteiger partial charge in [-0.3, -0.25) is 4.79 Å². The summed E-state index contributed by atoms with van der Waals surface area (Å²) in [4.78, 5) is 25.6. The molecule has 0 spiro atoms. The molecule has 0 aliphatic rings. The normalized spacial score (nSPS) is 11.7. The molecule has 2 N–H and O–H groups in total. The molecule has 0 saturated heterocycles. The van der Waals surface area contributed by atoms with Crippen molar-refractivity contribution in [2.75, 3.05) is 25.1 Å². The van der Waals surface area contributed by atoms with Gasteiger partial charge in [0.05, 0.1) is 37.3 Å². The van der Waals surface area contributed by atoms with Crippen molar-refractivity contribution < 1.29 is 19.4 Å². The van der Waals surface area contributed by atoms with Crippen LogP contribution >= 0.6 is 0 Å². The van der Waals surface area contributed by atoms with Gasteiger partial charge in [0.15, 0.2) is 5.65 Å². The number of nitrogens with one attached hydrogen (secondary N) is 1. The van der Waals surface area contributed by atoms with E-state index >= 15 is 0 Å². The zero-order chi connectivity index (χ0) is 24.8. The number of fused-ring (bicyclic) bond motifs is 1. The lowest BCUT2D eigenvalue weighted by Crippen LogP contribution is -2.37. The van der Waals surface area contributed by atoms with Crippen molar-refractivity contribution in [3.8, 4) is 17.6 Å². The van der Waals surface area contributed by atoms with Gasteiger partial charge in [0.25, 0.3) is 5.91 Å². The minimum absolute atomic E-state index is 0.0337. The molecule has 3 aromatic heterocycles. The first-order valence-electron chi connectivity index (χ1n) is 10.8. The Hall–Kier alpha value is -4.40. The van der Waals surface area contributed by atoms with Crippen LogP contribution < -0.4 is 10.1 Å². The number of aromatic nitrogens is 5. The number of hydrogen-bond donors (Lipinski definition) is 2. The number of carbonyl (C=O) groups excluding carboxylic acids is 1. The zero-order valence-corrected chi connectivity index (χ0v) is 19.2. The molecule has 0 bridgehead atoms. The van der Waals surface area contributed by atoms with Gasteiger partial charge in [-0.2, -0.15) is 10.4 Å². The summed E-state index contributed by atoms with van der Waals surface area (Å²) < 4.78 is 13.0. The maximum atomic E-state index is 13.0. The Bertz CT molecular complexity index is 1380. The molecule has 4 rings (SSSR count). The molecule has 1 amide bonds. The van der Waals surface area contributed by atoms with Crippen molar-refractivity contribution in [3.05, 3.63) is 65.7 Å². The minimum Gasteiger partial charge on any atom is -0.461 e. The number of carbonyl (C=O) groups is 1. The van der Waals surface area contributed by atoms with Crippen molar-refractivity contribution in [1.82, 2.24) is 24.7 Å². The van der Waals surface area contributed by atoms with Crippen LogP contribution in [0.3, 0.4) is 0 Å². The first kappa shape index (κ1) is 23.7. The highest BCUT2D eigenvalue weighted by atomic mass is 16.5. The van der Waals surface area contributed by atoms with Crippen LogP contribution in [-0.2, 0) is 9.53 Å². The van der Waals surface area contributed by atoms with E-state index in [2.05, 4.69) is 25.4 Å². The third kappa shape index (κ3) is 5.40. The van der Waals surface area contributed by atoms with Gasteiger partial charge in [0.2, 0.25) is 12.0 Å². The van der Waals surface area contributed by atoms with Gasteiger partial charge in [0, 0.05) is 6.20 Å². The zero-order valence-electron chi connectivity index (χ0n) is 19.2. The van der Waals surface area contributed by atoms with Crippen LogP contribution in [0.2, 0.25) is 0 Å². The number of benzene rings is 1. The molecule has 0 fully saturated rings. The van der Waals surface area contributed by atoms with Crippen molar-refractivity contribution in [2.24, 2.45) is 0 Å². The van der Waals surface area contributed by atoms with Crippen LogP contribution in [0.15, 0.2) is 49.1 Å². The number of aliphatic hydroxyl groups excluding tert-OH is 1. The van der Waals surface area contributed by atoms with Gasteiger partial charge >= 0.3 is 0 Å². The molecule has 0 saturated carbocycles. The van der Waals surface area contributed by atoms with Gasteiger partial charge in [-0.25, -0.2) is 19.6 Å². The number of aryl methyl sites for hydroxylation is 2. The summed E-state index contributed by atoms with van der Waals surface area (Å²) >= 11 is 0. The topological polar surface area (TPSA) is 148 Å². The molecule has 4 aromatic rings. The van der Waals surface area contributed by atoms with Crippen LogP contribution in [-0.4, -0.2) is 61.7 Å². The number of hydrogen-bond acceptors (Lipinski definition) is 9. The Labute approximate surface area is 201 Å². The Morgan fingerprint density at radius 3 is 2.80 bits per heavy atom. The number of ether oxygens (including phenoxy) is 2. The number of amides is 1. The Morgan fingerprint density at radius 2 is 2.06 bits per heavy atom. The molecule has 3 heterocycles. The lowest BCUT2D eigenvalue weighted by atomic mass is 10.1. The predicted octanol–water partition coefficient (Wildman–Crippen LogP) is 2.09. The van der Waals surface area contributed by atoms with E-state index in [4.69, 9.17) is 19.8 Å². The van der Waals surface area contributed by atoms with E-state index in [9.17, 15) is 4.79 Å². The quantitative estimate of drug-likeness (QED) is 0.349. The lowest BCUT2D eigenvalue weighted by Gasteiger charge is -2.18. The van der Waals surface area contributed by atoms with Crippen LogP contribution in [0.1, 0.15) is 16.7 Å². The molecule has 1 unspecified atom stereocenters. The fourth-order valence-electron chi connectivity index (χ4n) is 3.33. The molecule has 0 radical (unpaired) electrons. The Morgan fingerprint density at radius 1 is 1.20 bits per heavy atom. The fourth-order valence-corrected chi connectivity index (χ4v) is 3.33. The summed E-state index contributed by atoms with van der Waals surface area (Å²) in [6, 6.07) is 11.1.